The molecule has 0 fully saturated rings. The van der Waals surface area contributed by atoms with Crippen LogP contribution in [0.2, 0.25) is 0 Å². The minimum Gasteiger partial charge on any atom is -0.384 e. The third kappa shape index (κ3) is 5.22. The maximum Gasteiger partial charge on any atom is 0.179 e. The first-order valence-corrected chi connectivity index (χ1v) is 8.52. The summed E-state index contributed by atoms with van der Waals surface area (Å²) >= 11 is 1.55. The van der Waals surface area contributed by atoms with Gasteiger partial charge in [-0.05, 0) is 12.1 Å². The summed E-state index contributed by atoms with van der Waals surface area (Å²) in [6, 6.07) is 6.08. The smallest absolute Gasteiger partial charge is 0.179 e. The molecule has 1 rings (SSSR count). The lowest BCUT2D eigenvalue weighted by atomic mass is 10.2. The van der Waals surface area contributed by atoms with Crippen LogP contribution in [0.15, 0.2) is 29.2 Å². The summed E-state index contributed by atoms with van der Waals surface area (Å²) in [6.45, 7) is 0.623. The van der Waals surface area contributed by atoms with Gasteiger partial charge in [0, 0.05) is 24.2 Å². The van der Waals surface area contributed by atoms with Crippen LogP contribution in [0.25, 0.3) is 0 Å². The topological polar surface area (TPSA) is 93.2 Å². The minimum absolute atomic E-state index is 0.0703. The van der Waals surface area contributed by atoms with Gasteiger partial charge in [0.1, 0.15) is 5.84 Å². The molecule has 19 heavy (non-hydrogen) atoms. The van der Waals surface area contributed by atoms with E-state index in [4.69, 9.17) is 15.9 Å². The summed E-state index contributed by atoms with van der Waals surface area (Å²) in [5.41, 5.74) is 5.84. The lowest BCUT2D eigenvalue weighted by Crippen LogP contribution is -2.12. The Morgan fingerprint density at radius 3 is 2.47 bits per heavy atom. The molecule has 1 aromatic carbocycles. The van der Waals surface area contributed by atoms with Crippen LogP contribution in [0.4, 0.5) is 0 Å². The first kappa shape index (κ1) is 16.0. The lowest BCUT2D eigenvalue weighted by Gasteiger charge is -2.05. The van der Waals surface area contributed by atoms with E-state index in [0.717, 1.165) is 5.75 Å². The number of sulfone groups is 1. The molecule has 0 saturated carbocycles. The average molecular weight is 302 g/mol. The Morgan fingerprint density at radius 2 is 1.95 bits per heavy atom. The SMILES string of the molecule is COCCSCCS(=O)(=O)c1ccc(C(=N)N)cc1. The Morgan fingerprint density at radius 1 is 1.32 bits per heavy atom. The van der Waals surface area contributed by atoms with E-state index in [-0.39, 0.29) is 16.5 Å². The highest BCUT2D eigenvalue weighted by Crippen LogP contribution is 2.14. The molecule has 7 heteroatoms. The fourth-order valence-electron chi connectivity index (χ4n) is 1.37. The van der Waals surface area contributed by atoms with Crippen LogP contribution in [-0.2, 0) is 14.6 Å². The van der Waals surface area contributed by atoms with E-state index in [2.05, 4.69) is 0 Å². The molecule has 0 saturated heterocycles. The third-order valence-corrected chi connectivity index (χ3v) is 5.39. The fourth-order valence-corrected chi connectivity index (χ4v) is 4.00. The minimum atomic E-state index is -3.26. The van der Waals surface area contributed by atoms with Gasteiger partial charge in [-0.2, -0.15) is 11.8 Å². The van der Waals surface area contributed by atoms with Crippen molar-refractivity contribution in [1.29, 1.82) is 5.41 Å². The van der Waals surface area contributed by atoms with Gasteiger partial charge in [-0.15, -0.1) is 0 Å². The highest BCUT2D eigenvalue weighted by molar-refractivity contribution is 8.00. The van der Waals surface area contributed by atoms with E-state index >= 15 is 0 Å². The number of thioether (sulfide) groups is 1. The van der Waals surface area contributed by atoms with Gasteiger partial charge in [-0.25, -0.2) is 8.42 Å². The average Bonchev–Trinajstić information content (AvgIpc) is 2.38. The molecule has 0 unspecified atom stereocenters. The van der Waals surface area contributed by atoms with Crippen LogP contribution in [0.1, 0.15) is 5.56 Å². The Kier molecular flexibility index (Phi) is 6.33. The number of hydrogen-bond acceptors (Lipinski definition) is 5. The van der Waals surface area contributed by atoms with Gasteiger partial charge in [-0.3, -0.25) is 5.41 Å². The fraction of sp³-hybridized carbons (Fsp3) is 0.417. The first-order chi connectivity index (χ1) is 8.97. The second kappa shape index (κ2) is 7.52. The van der Waals surface area contributed by atoms with E-state index in [0.29, 0.717) is 17.9 Å². The van der Waals surface area contributed by atoms with Crippen molar-refractivity contribution < 1.29 is 13.2 Å². The molecule has 0 amide bonds. The summed E-state index contributed by atoms with van der Waals surface area (Å²) in [5.74, 6) is 1.36. The molecule has 3 N–H and O–H groups in total. The molecule has 0 heterocycles. The predicted molar refractivity (Wildman–Crippen MR) is 78.7 cm³/mol. The van der Waals surface area contributed by atoms with Crippen LogP contribution >= 0.6 is 11.8 Å². The standard InChI is InChI=1S/C12H18N2O3S2/c1-17-6-7-18-8-9-19(15,16)11-4-2-10(3-5-11)12(13)14/h2-5H,6-9H2,1H3,(H3,13,14). The number of nitrogens with one attached hydrogen (secondary N) is 1. The molecule has 0 aromatic heterocycles. The van der Waals surface area contributed by atoms with E-state index in [1.165, 1.54) is 12.1 Å². The van der Waals surface area contributed by atoms with Crippen LogP contribution in [-0.4, -0.2) is 45.2 Å². The van der Waals surface area contributed by atoms with Gasteiger partial charge in [0.05, 0.1) is 17.3 Å². The second-order valence-corrected chi connectivity index (χ2v) is 7.20. The zero-order valence-corrected chi connectivity index (χ0v) is 12.4. The number of nitrogens with two attached hydrogens (primary N) is 1. The maximum absolute atomic E-state index is 12.0. The molecule has 0 bridgehead atoms. The lowest BCUT2D eigenvalue weighted by molar-refractivity contribution is 0.218. The van der Waals surface area contributed by atoms with Gasteiger partial charge < -0.3 is 10.5 Å². The summed E-state index contributed by atoms with van der Waals surface area (Å²) in [5, 5.41) is 7.25. The summed E-state index contributed by atoms with van der Waals surface area (Å²) in [7, 11) is -1.64. The maximum atomic E-state index is 12.0. The number of amidine groups is 1. The van der Waals surface area contributed by atoms with Gasteiger partial charge in [0.2, 0.25) is 0 Å². The number of hydrogen-bond donors (Lipinski definition) is 2. The summed E-state index contributed by atoms with van der Waals surface area (Å²) < 4.78 is 28.9. The van der Waals surface area contributed by atoms with Gasteiger partial charge in [0.15, 0.2) is 9.84 Å². The largest absolute Gasteiger partial charge is 0.384 e. The van der Waals surface area contributed by atoms with Gasteiger partial charge in [-0.1, -0.05) is 12.1 Å². The number of methoxy groups -OCH3 is 1. The van der Waals surface area contributed by atoms with Crippen molar-refractivity contribution >= 4 is 27.4 Å². The second-order valence-electron chi connectivity index (χ2n) is 3.86. The molecule has 0 atom stereocenters. The Hall–Kier alpha value is -1.05. The van der Waals surface area contributed by atoms with E-state index in [1.54, 1.807) is 31.0 Å². The molecule has 0 radical (unpaired) electrons. The number of benzene rings is 1. The van der Waals surface area contributed by atoms with Crippen LogP contribution < -0.4 is 5.73 Å². The highest BCUT2D eigenvalue weighted by atomic mass is 32.2. The van der Waals surface area contributed by atoms with E-state index < -0.39 is 9.84 Å². The molecule has 0 spiro atoms. The zero-order chi connectivity index (χ0) is 14.3. The van der Waals surface area contributed by atoms with Gasteiger partial charge >= 0.3 is 0 Å². The highest BCUT2D eigenvalue weighted by Gasteiger charge is 2.14. The van der Waals surface area contributed by atoms with Crippen LogP contribution in [0.5, 0.6) is 0 Å². The number of rotatable bonds is 8. The molecule has 106 valence electrons. The normalized spacial score (nSPS) is 11.4. The van der Waals surface area contributed by atoms with E-state index in [1.807, 2.05) is 0 Å². The van der Waals surface area contributed by atoms with Crippen molar-refractivity contribution in [1.82, 2.24) is 0 Å². The van der Waals surface area contributed by atoms with Crippen molar-refractivity contribution in [2.24, 2.45) is 5.73 Å². The predicted octanol–water partition coefficient (Wildman–Crippen LogP) is 1.12. The van der Waals surface area contributed by atoms with Gasteiger partial charge in [0.25, 0.3) is 0 Å². The summed E-state index contributed by atoms with van der Waals surface area (Å²) in [6.07, 6.45) is 0. The molecule has 5 nitrogen and oxygen atoms in total. The van der Waals surface area contributed by atoms with Crippen molar-refractivity contribution in [3.8, 4) is 0 Å². The van der Waals surface area contributed by atoms with Crippen molar-refractivity contribution in [2.75, 3.05) is 31.0 Å². The monoisotopic (exact) mass is 302 g/mol. The molecule has 0 aliphatic carbocycles. The van der Waals surface area contributed by atoms with Crippen LogP contribution in [0.3, 0.4) is 0 Å². The number of nitrogen functional groups attached to an aromatic ring is 1. The first-order valence-electron chi connectivity index (χ1n) is 5.71. The molecule has 1 aromatic rings. The molecular formula is C12H18N2O3S2. The third-order valence-electron chi connectivity index (χ3n) is 2.45. The molecule has 0 aliphatic heterocycles. The summed E-state index contributed by atoms with van der Waals surface area (Å²) in [4.78, 5) is 0.268. The van der Waals surface area contributed by atoms with Crippen molar-refractivity contribution in [3.63, 3.8) is 0 Å². The molecule has 0 aliphatic rings. The Labute approximate surface area is 118 Å². The Balaban J connectivity index is 2.59. The zero-order valence-electron chi connectivity index (χ0n) is 10.8. The van der Waals surface area contributed by atoms with Crippen molar-refractivity contribution in [3.05, 3.63) is 29.8 Å². The Bertz CT molecular complexity index is 512. The van der Waals surface area contributed by atoms with E-state index in [9.17, 15) is 8.42 Å². The van der Waals surface area contributed by atoms with Crippen molar-refractivity contribution in [2.45, 2.75) is 4.90 Å². The molecular weight excluding hydrogens is 284 g/mol. The van der Waals surface area contributed by atoms with Crippen LogP contribution in [0, 0.1) is 5.41 Å². The quantitative estimate of drug-likeness (QED) is 0.426. The number of ether oxygens (including phenoxy) is 1.